The second-order valence-corrected chi connectivity index (χ2v) is 7.52. The van der Waals surface area contributed by atoms with Crippen molar-refractivity contribution in [1.82, 2.24) is 20.9 Å². The molecule has 0 aromatic carbocycles. The van der Waals surface area contributed by atoms with E-state index in [4.69, 9.17) is 0 Å². The molecule has 0 aromatic heterocycles. The van der Waals surface area contributed by atoms with Gasteiger partial charge in [-0.15, -0.1) is 24.0 Å². The van der Waals surface area contributed by atoms with Crippen molar-refractivity contribution in [3.05, 3.63) is 0 Å². The largest absolute Gasteiger partial charge is 0.356 e. The Kier molecular flexibility index (Phi) is 11.0. The molecule has 7 nitrogen and oxygen atoms in total. The van der Waals surface area contributed by atoms with Crippen molar-refractivity contribution in [2.45, 2.75) is 70.9 Å². The lowest BCUT2D eigenvalue weighted by Gasteiger charge is -2.21. The Bertz CT molecular complexity index is 508. The van der Waals surface area contributed by atoms with Gasteiger partial charge in [0.2, 0.25) is 11.8 Å². The van der Waals surface area contributed by atoms with E-state index in [9.17, 15) is 9.59 Å². The first-order chi connectivity index (χ1) is 12.5. The lowest BCUT2D eigenvalue weighted by molar-refractivity contribution is -0.134. The quantitative estimate of drug-likeness (QED) is 0.287. The van der Waals surface area contributed by atoms with E-state index in [-0.39, 0.29) is 47.9 Å². The Morgan fingerprint density at radius 2 is 1.93 bits per heavy atom. The molecule has 2 aliphatic rings. The molecule has 1 aliphatic carbocycles. The highest BCUT2D eigenvalue weighted by molar-refractivity contribution is 14.0. The summed E-state index contributed by atoms with van der Waals surface area (Å²) in [4.78, 5) is 30.6. The first kappa shape index (κ1) is 24.0. The lowest BCUT2D eigenvalue weighted by atomic mass is 10.1. The maximum atomic E-state index is 12.5. The zero-order valence-electron chi connectivity index (χ0n) is 16.9. The minimum absolute atomic E-state index is 0. The van der Waals surface area contributed by atoms with E-state index in [0.717, 1.165) is 38.8 Å². The van der Waals surface area contributed by atoms with Gasteiger partial charge >= 0.3 is 0 Å². The van der Waals surface area contributed by atoms with Gasteiger partial charge in [-0.2, -0.15) is 0 Å². The number of amides is 2. The number of guanidine groups is 1. The summed E-state index contributed by atoms with van der Waals surface area (Å²) in [7, 11) is 1.73. The van der Waals surface area contributed by atoms with Gasteiger partial charge in [0.1, 0.15) is 0 Å². The molecule has 3 N–H and O–H groups in total. The summed E-state index contributed by atoms with van der Waals surface area (Å²) in [5, 5.41) is 9.53. The topological polar surface area (TPSA) is 85.8 Å². The molecule has 1 heterocycles. The predicted molar refractivity (Wildman–Crippen MR) is 119 cm³/mol. The molecule has 0 bridgehead atoms. The summed E-state index contributed by atoms with van der Waals surface area (Å²) in [6, 6.07) is 0.433. The number of nitrogens with zero attached hydrogens (tertiary/aromatic N) is 2. The monoisotopic (exact) mass is 493 g/mol. The third kappa shape index (κ3) is 7.83. The van der Waals surface area contributed by atoms with Gasteiger partial charge in [0.15, 0.2) is 5.96 Å². The van der Waals surface area contributed by atoms with Crippen LogP contribution in [0.4, 0.5) is 0 Å². The Labute approximate surface area is 180 Å². The number of likely N-dealkylation sites (tertiary alicyclic amines) is 1. The maximum absolute atomic E-state index is 12.5. The van der Waals surface area contributed by atoms with Gasteiger partial charge in [0.25, 0.3) is 0 Å². The molecule has 0 spiro atoms. The molecular formula is C19H36IN5O2. The molecule has 2 atom stereocenters. The number of halogens is 1. The molecule has 1 aliphatic heterocycles. The molecule has 8 heteroatoms. The van der Waals surface area contributed by atoms with Gasteiger partial charge < -0.3 is 20.9 Å². The number of hydrogen-bond acceptors (Lipinski definition) is 3. The molecule has 2 fully saturated rings. The fourth-order valence-corrected chi connectivity index (χ4v) is 3.64. The Hall–Kier alpha value is -1.06. The van der Waals surface area contributed by atoms with Crippen LogP contribution < -0.4 is 16.0 Å². The molecule has 1 saturated carbocycles. The van der Waals surface area contributed by atoms with Crippen LogP contribution >= 0.6 is 24.0 Å². The summed E-state index contributed by atoms with van der Waals surface area (Å²) >= 11 is 0. The van der Waals surface area contributed by atoms with E-state index in [1.165, 1.54) is 12.8 Å². The molecule has 1 saturated heterocycles. The van der Waals surface area contributed by atoms with Crippen LogP contribution in [0.15, 0.2) is 4.99 Å². The van der Waals surface area contributed by atoms with Crippen LogP contribution in [0.2, 0.25) is 0 Å². The molecule has 27 heavy (non-hydrogen) atoms. The molecule has 2 amide bonds. The molecule has 0 aromatic rings. The number of carbonyl (C=O) groups is 2. The minimum atomic E-state index is 0. The Morgan fingerprint density at radius 3 is 2.56 bits per heavy atom. The van der Waals surface area contributed by atoms with Gasteiger partial charge in [-0.1, -0.05) is 19.8 Å². The van der Waals surface area contributed by atoms with Crippen LogP contribution in [0.3, 0.4) is 0 Å². The number of aliphatic imine (C=N–C) groups is 1. The molecular weight excluding hydrogens is 457 g/mol. The lowest BCUT2D eigenvalue weighted by Crippen LogP contribution is -2.46. The standard InChI is InChI=1S/C19H35N5O2.HI/c1-4-14(2)22-17(25)9-11-21-19(20-3)23-16-10-12-24(13-16)18(26)15-7-5-6-8-15;/h14-16H,4-13H2,1-3H3,(H,22,25)(H2,20,21,23);1H. The minimum Gasteiger partial charge on any atom is -0.356 e. The number of hydrogen-bond donors (Lipinski definition) is 3. The number of rotatable bonds is 7. The van der Waals surface area contributed by atoms with Crippen LogP contribution in [0.25, 0.3) is 0 Å². The van der Waals surface area contributed by atoms with Crippen molar-refractivity contribution < 1.29 is 9.59 Å². The second-order valence-electron chi connectivity index (χ2n) is 7.52. The van der Waals surface area contributed by atoms with Gasteiger partial charge in [0.05, 0.1) is 0 Å². The normalized spacial score (nSPS) is 21.5. The van der Waals surface area contributed by atoms with Crippen molar-refractivity contribution in [2.24, 2.45) is 10.9 Å². The zero-order chi connectivity index (χ0) is 18.9. The van der Waals surface area contributed by atoms with Crippen molar-refractivity contribution in [2.75, 3.05) is 26.7 Å². The van der Waals surface area contributed by atoms with E-state index in [2.05, 4.69) is 27.9 Å². The summed E-state index contributed by atoms with van der Waals surface area (Å²) in [6.45, 7) is 6.16. The summed E-state index contributed by atoms with van der Waals surface area (Å²) in [5.74, 6) is 1.32. The Balaban J connectivity index is 0.00000364. The third-order valence-electron chi connectivity index (χ3n) is 5.43. The highest BCUT2D eigenvalue weighted by Gasteiger charge is 2.32. The van der Waals surface area contributed by atoms with Gasteiger partial charge in [0, 0.05) is 51.1 Å². The maximum Gasteiger partial charge on any atom is 0.225 e. The third-order valence-corrected chi connectivity index (χ3v) is 5.43. The average Bonchev–Trinajstić information content (AvgIpc) is 3.32. The fourth-order valence-electron chi connectivity index (χ4n) is 3.64. The number of nitrogens with one attached hydrogen (secondary N) is 3. The molecule has 156 valence electrons. The zero-order valence-corrected chi connectivity index (χ0v) is 19.3. The smallest absolute Gasteiger partial charge is 0.225 e. The summed E-state index contributed by atoms with van der Waals surface area (Å²) in [6.07, 6.45) is 6.76. The SMILES string of the molecule is CCC(C)NC(=O)CCNC(=NC)NC1CCN(C(=O)C2CCCC2)C1.I. The van der Waals surface area contributed by atoms with Gasteiger partial charge in [-0.3, -0.25) is 14.6 Å². The highest BCUT2D eigenvalue weighted by atomic mass is 127. The van der Waals surface area contributed by atoms with Crippen LogP contribution in [-0.2, 0) is 9.59 Å². The molecule has 2 rings (SSSR count). The average molecular weight is 493 g/mol. The number of carbonyl (C=O) groups excluding carboxylic acids is 2. The second kappa shape index (κ2) is 12.4. The van der Waals surface area contributed by atoms with Crippen molar-refractivity contribution in [3.63, 3.8) is 0 Å². The highest BCUT2D eigenvalue weighted by Crippen LogP contribution is 2.27. The fraction of sp³-hybridized carbons (Fsp3) is 0.842. The van der Waals surface area contributed by atoms with E-state index >= 15 is 0 Å². The van der Waals surface area contributed by atoms with Crippen LogP contribution in [0.5, 0.6) is 0 Å². The first-order valence-electron chi connectivity index (χ1n) is 10.1. The van der Waals surface area contributed by atoms with Gasteiger partial charge in [-0.25, -0.2) is 0 Å². The van der Waals surface area contributed by atoms with Crippen LogP contribution in [0.1, 0.15) is 58.8 Å². The Morgan fingerprint density at radius 1 is 1.22 bits per heavy atom. The predicted octanol–water partition coefficient (Wildman–Crippen LogP) is 1.87. The van der Waals surface area contributed by atoms with Gasteiger partial charge in [-0.05, 0) is 32.6 Å². The first-order valence-corrected chi connectivity index (χ1v) is 10.1. The van der Waals surface area contributed by atoms with E-state index in [0.29, 0.717) is 24.8 Å². The van der Waals surface area contributed by atoms with Crippen molar-refractivity contribution in [3.8, 4) is 0 Å². The van der Waals surface area contributed by atoms with Crippen LogP contribution in [0, 0.1) is 5.92 Å². The summed E-state index contributed by atoms with van der Waals surface area (Å²) in [5.41, 5.74) is 0. The van der Waals surface area contributed by atoms with Crippen LogP contribution in [-0.4, -0.2) is 61.4 Å². The molecule has 2 unspecified atom stereocenters. The van der Waals surface area contributed by atoms with E-state index in [1.54, 1.807) is 7.05 Å². The van der Waals surface area contributed by atoms with Crippen molar-refractivity contribution in [1.29, 1.82) is 0 Å². The summed E-state index contributed by atoms with van der Waals surface area (Å²) < 4.78 is 0. The van der Waals surface area contributed by atoms with Crippen molar-refractivity contribution >= 4 is 41.8 Å². The van der Waals surface area contributed by atoms with E-state index in [1.807, 2.05) is 11.8 Å². The molecule has 0 radical (unpaired) electrons. The van der Waals surface area contributed by atoms with E-state index < -0.39 is 0 Å².